The number of rotatable bonds is 4. The summed E-state index contributed by atoms with van der Waals surface area (Å²) < 4.78 is 10.4. The van der Waals surface area contributed by atoms with Crippen LogP contribution in [0.1, 0.15) is 0 Å². The van der Waals surface area contributed by atoms with Crippen LogP contribution < -0.4 is 0 Å². The zero-order chi connectivity index (χ0) is 8.10. The maximum atomic E-state index is 5.21. The molecule has 0 aromatic rings. The van der Waals surface area contributed by atoms with Crippen LogP contribution in [0.3, 0.4) is 0 Å². The molecule has 62 valence electrons. The van der Waals surface area contributed by atoms with Crippen LogP contribution in [0.5, 0.6) is 0 Å². The third kappa shape index (κ3) is 2.61. The van der Waals surface area contributed by atoms with E-state index in [2.05, 4.69) is 24.3 Å². The summed E-state index contributed by atoms with van der Waals surface area (Å²) >= 11 is 0. The molecule has 0 bridgehead atoms. The lowest BCUT2D eigenvalue weighted by molar-refractivity contribution is 0.275. The fourth-order valence-electron chi connectivity index (χ4n) is 1.15. The summed E-state index contributed by atoms with van der Waals surface area (Å²) in [6.07, 6.45) is 8.50. The van der Waals surface area contributed by atoms with E-state index in [0.29, 0.717) is 5.92 Å². The minimum absolute atomic E-state index is 0.548. The normalized spacial score (nSPS) is 17.0. The molecule has 0 N–H and O–H groups in total. The average Bonchev–Trinajstić information content (AvgIpc) is 2.52. The maximum Gasteiger partial charge on any atom is 0.321 e. The highest BCUT2D eigenvalue weighted by Gasteiger charge is 2.15. The molecule has 0 atom stereocenters. The minimum atomic E-state index is -1.35. The number of hydrogen-bond donors (Lipinski definition) is 0. The molecule has 0 spiro atoms. The lowest BCUT2D eigenvalue weighted by Crippen LogP contribution is -2.21. The predicted molar refractivity (Wildman–Crippen MR) is 47.7 cm³/mol. The standard InChI is InChI=1S/C8H14O2Si/c1-9-11(10-2)7-8-5-3-4-6-8/h3-6,8,11H,7H2,1-2H3. The molecular weight excluding hydrogens is 156 g/mol. The van der Waals surface area contributed by atoms with Crippen molar-refractivity contribution in [3.63, 3.8) is 0 Å². The van der Waals surface area contributed by atoms with E-state index in [4.69, 9.17) is 8.85 Å². The summed E-state index contributed by atoms with van der Waals surface area (Å²) in [4.78, 5) is 0. The van der Waals surface area contributed by atoms with E-state index in [-0.39, 0.29) is 0 Å². The van der Waals surface area contributed by atoms with Gasteiger partial charge in [-0.05, 0) is 12.0 Å². The second-order valence-corrected chi connectivity index (χ2v) is 4.84. The van der Waals surface area contributed by atoms with Gasteiger partial charge in [0, 0.05) is 14.2 Å². The first-order chi connectivity index (χ1) is 5.36. The Morgan fingerprint density at radius 2 is 1.73 bits per heavy atom. The van der Waals surface area contributed by atoms with Crippen molar-refractivity contribution >= 4 is 9.28 Å². The Labute approximate surface area is 69.4 Å². The van der Waals surface area contributed by atoms with E-state index in [0.717, 1.165) is 6.04 Å². The zero-order valence-electron chi connectivity index (χ0n) is 6.99. The van der Waals surface area contributed by atoms with Gasteiger partial charge < -0.3 is 8.85 Å². The maximum absolute atomic E-state index is 5.21. The first kappa shape index (κ1) is 8.71. The van der Waals surface area contributed by atoms with Gasteiger partial charge in [0.25, 0.3) is 0 Å². The number of allylic oxidation sites excluding steroid dienone is 4. The molecule has 0 heterocycles. The van der Waals surface area contributed by atoms with Gasteiger partial charge in [-0.2, -0.15) is 0 Å². The molecule has 3 heteroatoms. The SMILES string of the molecule is CO[SiH](CC1C=CC=C1)OC. The molecule has 2 nitrogen and oxygen atoms in total. The molecule has 0 aliphatic heterocycles. The highest BCUT2D eigenvalue weighted by atomic mass is 28.3. The highest BCUT2D eigenvalue weighted by molar-refractivity contribution is 6.44. The lowest BCUT2D eigenvalue weighted by Gasteiger charge is -2.12. The van der Waals surface area contributed by atoms with Crippen LogP contribution in [-0.2, 0) is 8.85 Å². The molecule has 0 unspecified atom stereocenters. The lowest BCUT2D eigenvalue weighted by atomic mass is 10.2. The van der Waals surface area contributed by atoms with Crippen LogP contribution in [0.15, 0.2) is 24.3 Å². The Hall–Kier alpha value is -0.383. The summed E-state index contributed by atoms with van der Waals surface area (Å²) in [5.41, 5.74) is 0. The van der Waals surface area contributed by atoms with Gasteiger partial charge in [-0.1, -0.05) is 24.3 Å². The Balaban J connectivity index is 2.28. The average molecular weight is 170 g/mol. The molecule has 11 heavy (non-hydrogen) atoms. The predicted octanol–water partition coefficient (Wildman–Crippen LogP) is 1.24. The van der Waals surface area contributed by atoms with Gasteiger partial charge in [0.15, 0.2) is 0 Å². The summed E-state index contributed by atoms with van der Waals surface area (Å²) in [6.45, 7) is 0. The Morgan fingerprint density at radius 3 is 2.18 bits per heavy atom. The Bertz CT molecular complexity index is 149. The molecule has 0 saturated heterocycles. The van der Waals surface area contributed by atoms with Crippen molar-refractivity contribution in [2.24, 2.45) is 5.92 Å². The molecule has 1 aliphatic carbocycles. The van der Waals surface area contributed by atoms with Crippen molar-refractivity contribution in [3.05, 3.63) is 24.3 Å². The highest BCUT2D eigenvalue weighted by Crippen LogP contribution is 2.16. The van der Waals surface area contributed by atoms with Crippen LogP contribution in [0.2, 0.25) is 6.04 Å². The van der Waals surface area contributed by atoms with E-state index in [1.165, 1.54) is 0 Å². The van der Waals surface area contributed by atoms with Crippen molar-refractivity contribution in [1.29, 1.82) is 0 Å². The first-order valence-corrected chi connectivity index (χ1v) is 5.53. The smallest absolute Gasteiger partial charge is 0.321 e. The molecule has 0 aromatic carbocycles. The quantitative estimate of drug-likeness (QED) is 0.591. The summed E-state index contributed by atoms with van der Waals surface area (Å²) in [7, 11) is 2.10. The van der Waals surface area contributed by atoms with Crippen LogP contribution in [-0.4, -0.2) is 23.5 Å². The molecule has 0 fully saturated rings. The van der Waals surface area contributed by atoms with Crippen LogP contribution in [0.25, 0.3) is 0 Å². The van der Waals surface area contributed by atoms with Gasteiger partial charge in [-0.25, -0.2) is 0 Å². The van der Waals surface area contributed by atoms with Gasteiger partial charge in [-0.3, -0.25) is 0 Å². The van der Waals surface area contributed by atoms with Crippen molar-refractivity contribution in [1.82, 2.24) is 0 Å². The van der Waals surface area contributed by atoms with E-state index >= 15 is 0 Å². The van der Waals surface area contributed by atoms with Gasteiger partial charge >= 0.3 is 9.28 Å². The van der Waals surface area contributed by atoms with E-state index in [1.54, 1.807) is 14.2 Å². The van der Waals surface area contributed by atoms with Crippen molar-refractivity contribution in [3.8, 4) is 0 Å². The fraction of sp³-hybridized carbons (Fsp3) is 0.500. The van der Waals surface area contributed by atoms with Crippen LogP contribution >= 0.6 is 0 Å². The van der Waals surface area contributed by atoms with Gasteiger partial charge in [0.2, 0.25) is 0 Å². The summed E-state index contributed by atoms with van der Waals surface area (Å²) in [5, 5.41) is 0. The van der Waals surface area contributed by atoms with Gasteiger partial charge in [-0.15, -0.1) is 0 Å². The molecule has 0 amide bonds. The van der Waals surface area contributed by atoms with Crippen molar-refractivity contribution < 1.29 is 8.85 Å². The topological polar surface area (TPSA) is 18.5 Å². The first-order valence-electron chi connectivity index (χ1n) is 3.77. The van der Waals surface area contributed by atoms with E-state index in [9.17, 15) is 0 Å². The van der Waals surface area contributed by atoms with Crippen molar-refractivity contribution in [2.45, 2.75) is 6.04 Å². The Kier molecular flexibility index (Phi) is 3.55. The third-order valence-electron chi connectivity index (χ3n) is 1.82. The third-order valence-corrected chi connectivity index (χ3v) is 3.80. The van der Waals surface area contributed by atoms with Gasteiger partial charge in [0.05, 0.1) is 0 Å². The summed E-state index contributed by atoms with van der Waals surface area (Å²) in [6, 6.07) is 1.04. The second-order valence-electron chi connectivity index (χ2n) is 2.57. The Morgan fingerprint density at radius 1 is 1.18 bits per heavy atom. The molecule has 1 rings (SSSR count). The molecule has 1 aliphatic rings. The number of hydrogen-bond acceptors (Lipinski definition) is 2. The molecule has 0 aromatic heterocycles. The minimum Gasteiger partial charge on any atom is -0.400 e. The molecule has 0 radical (unpaired) electrons. The monoisotopic (exact) mass is 170 g/mol. The van der Waals surface area contributed by atoms with Crippen molar-refractivity contribution in [2.75, 3.05) is 14.2 Å². The largest absolute Gasteiger partial charge is 0.400 e. The molecule has 0 saturated carbocycles. The second kappa shape index (κ2) is 4.49. The van der Waals surface area contributed by atoms with E-state index < -0.39 is 9.28 Å². The fourth-order valence-corrected chi connectivity index (χ4v) is 2.48. The zero-order valence-corrected chi connectivity index (χ0v) is 8.14. The molecular formula is C8H14O2Si. The van der Waals surface area contributed by atoms with Crippen LogP contribution in [0, 0.1) is 5.92 Å². The van der Waals surface area contributed by atoms with E-state index in [1.807, 2.05) is 0 Å². The van der Waals surface area contributed by atoms with Gasteiger partial charge in [0.1, 0.15) is 0 Å². The van der Waals surface area contributed by atoms with Crippen LogP contribution in [0.4, 0.5) is 0 Å². The summed E-state index contributed by atoms with van der Waals surface area (Å²) in [5.74, 6) is 0.548.